The van der Waals surface area contributed by atoms with Crippen molar-refractivity contribution in [2.24, 2.45) is 11.7 Å². The number of nitrogens with two attached hydrogens (primary N) is 1. The average molecular weight is 327 g/mol. The minimum absolute atomic E-state index is 0.222. The molecule has 0 heterocycles. The van der Waals surface area contributed by atoms with Gasteiger partial charge < -0.3 is 15.2 Å². The number of ether oxygens (including phenoxy) is 2. The average Bonchev–Trinajstić information content (AvgIpc) is 2.58. The molecule has 0 saturated heterocycles. The van der Waals surface area contributed by atoms with Crippen molar-refractivity contribution in [3.8, 4) is 11.5 Å². The van der Waals surface area contributed by atoms with Crippen LogP contribution in [-0.2, 0) is 6.42 Å². The summed E-state index contributed by atoms with van der Waals surface area (Å²) in [7, 11) is 1.71. The van der Waals surface area contributed by atoms with Gasteiger partial charge in [0.1, 0.15) is 11.5 Å². The van der Waals surface area contributed by atoms with Crippen molar-refractivity contribution in [1.29, 1.82) is 0 Å². The highest BCUT2D eigenvalue weighted by Gasteiger charge is 2.16. The molecular formula is C21H29NO2. The predicted octanol–water partition coefficient (Wildman–Crippen LogP) is 4.32. The third-order valence-corrected chi connectivity index (χ3v) is 4.07. The Kier molecular flexibility index (Phi) is 6.68. The molecule has 0 aliphatic heterocycles. The van der Waals surface area contributed by atoms with Crippen LogP contribution >= 0.6 is 0 Å². The van der Waals surface area contributed by atoms with Crippen LogP contribution in [0.25, 0.3) is 0 Å². The lowest BCUT2D eigenvalue weighted by Gasteiger charge is -2.19. The Morgan fingerprint density at radius 2 is 1.88 bits per heavy atom. The first-order valence-electron chi connectivity index (χ1n) is 8.59. The fraction of sp³-hybridized carbons (Fsp3) is 0.429. The van der Waals surface area contributed by atoms with Crippen LogP contribution in [0, 0.1) is 12.8 Å². The molecule has 2 N–H and O–H groups in total. The van der Waals surface area contributed by atoms with Gasteiger partial charge in [0.05, 0.1) is 13.7 Å². The van der Waals surface area contributed by atoms with Crippen LogP contribution in [0.3, 0.4) is 0 Å². The molecule has 0 fully saturated rings. The van der Waals surface area contributed by atoms with E-state index in [0.717, 1.165) is 24.5 Å². The Balaban J connectivity index is 2.19. The van der Waals surface area contributed by atoms with Gasteiger partial charge in [0.15, 0.2) is 0 Å². The zero-order valence-electron chi connectivity index (χ0n) is 15.2. The van der Waals surface area contributed by atoms with Gasteiger partial charge in [0, 0.05) is 5.92 Å². The predicted molar refractivity (Wildman–Crippen MR) is 100 cm³/mol. The first kappa shape index (κ1) is 18.3. The van der Waals surface area contributed by atoms with Crippen LogP contribution in [0.5, 0.6) is 11.5 Å². The second kappa shape index (κ2) is 8.74. The fourth-order valence-corrected chi connectivity index (χ4v) is 2.80. The SMILES string of the molecule is COc1ccc(C)cc1C(CN)Cc1cccc(OCC(C)C)c1. The zero-order chi connectivity index (χ0) is 17.5. The van der Waals surface area contributed by atoms with E-state index in [4.69, 9.17) is 15.2 Å². The molecule has 0 bridgehead atoms. The molecule has 2 rings (SSSR count). The van der Waals surface area contributed by atoms with Crippen molar-refractivity contribution in [3.05, 3.63) is 59.2 Å². The summed E-state index contributed by atoms with van der Waals surface area (Å²) in [6.07, 6.45) is 0.870. The van der Waals surface area contributed by atoms with Gasteiger partial charge in [-0.25, -0.2) is 0 Å². The van der Waals surface area contributed by atoms with Crippen LogP contribution < -0.4 is 15.2 Å². The quantitative estimate of drug-likeness (QED) is 0.785. The van der Waals surface area contributed by atoms with Gasteiger partial charge in [-0.3, -0.25) is 0 Å². The van der Waals surface area contributed by atoms with E-state index in [0.29, 0.717) is 12.5 Å². The summed E-state index contributed by atoms with van der Waals surface area (Å²) < 4.78 is 11.4. The lowest BCUT2D eigenvalue weighted by Crippen LogP contribution is -2.16. The van der Waals surface area contributed by atoms with Gasteiger partial charge in [-0.2, -0.15) is 0 Å². The molecule has 0 aliphatic rings. The summed E-state index contributed by atoms with van der Waals surface area (Å²) in [5, 5.41) is 0. The molecule has 0 aromatic heterocycles. The third kappa shape index (κ3) is 5.00. The van der Waals surface area contributed by atoms with Crippen LogP contribution in [0.1, 0.15) is 36.5 Å². The van der Waals surface area contributed by atoms with Crippen LogP contribution in [-0.4, -0.2) is 20.3 Å². The van der Waals surface area contributed by atoms with Crippen molar-refractivity contribution in [2.75, 3.05) is 20.3 Å². The molecule has 0 aliphatic carbocycles. The molecule has 1 atom stereocenters. The van der Waals surface area contributed by atoms with Gasteiger partial charge in [-0.05, 0) is 55.1 Å². The summed E-state index contributed by atoms with van der Waals surface area (Å²) in [6, 6.07) is 14.6. The van der Waals surface area contributed by atoms with Gasteiger partial charge in [0.25, 0.3) is 0 Å². The van der Waals surface area contributed by atoms with Crippen LogP contribution in [0.4, 0.5) is 0 Å². The molecule has 0 saturated carbocycles. The highest BCUT2D eigenvalue weighted by atomic mass is 16.5. The molecule has 3 heteroatoms. The lowest BCUT2D eigenvalue weighted by molar-refractivity contribution is 0.271. The maximum atomic E-state index is 6.08. The summed E-state index contributed by atoms with van der Waals surface area (Å²) in [6.45, 7) is 7.71. The maximum Gasteiger partial charge on any atom is 0.122 e. The lowest BCUT2D eigenvalue weighted by atomic mass is 9.90. The molecule has 2 aromatic carbocycles. The van der Waals surface area contributed by atoms with Crippen LogP contribution in [0.2, 0.25) is 0 Å². The first-order valence-corrected chi connectivity index (χ1v) is 8.59. The second-order valence-corrected chi connectivity index (χ2v) is 6.73. The smallest absolute Gasteiger partial charge is 0.122 e. The molecular weight excluding hydrogens is 298 g/mol. The van der Waals surface area contributed by atoms with E-state index < -0.39 is 0 Å². The molecule has 0 radical (unpaired) electrons. The van der Waals surface area contributed by atoms with E-state index in [-0.39, 0.29) is 5.92 Å². The minimum atomic E-state index is 0.222. The number of benzene rings is 2. The van der Waals surface area contributed by atoms with Gasteiger partial charge in [-0.15, -0.1) is 0 Å². The standard InChI is InChI=1S/C21H29NO2/c1-15(2)14-24-19-7-5-6-17(12-19)11-18(13-22)20-10-16(3)8-9-21(20)23-4/h5-10,12,15,18H,11,13-14,22H2,1-4H3. The van der Waals surface area contributed by atoms with E-state index in [2.05, 4.69) is 45.0 Å². The Labute approximate surface area is 145 Å². The molecule has 24 heavy (non-hydrogen) atoms. The van der Waals surface area contributed by atoms with E-state index >= 15 is 0 Å². The number of hydrogen-bond acceptors (Lipinski definition) is 3. The molecule has 3 nitrogen and oxygen atoms in total. The number of hydrogen-bond donors (Lipinski definition) is 1. The Morgan fingerprint density at radius 3 is 2.54 bits per heavy atom. The zero-order valence-corrected chi connectivity index (χ0v) is 15.2. The molecule has 130 valence electrons. The summed E-state index contributed by atoms with van der Waals surface area (Å²) in [5.41, 5.74) is 9.70. The summed E-state index contributed by atoms with van der Waals surface area (Å²) in [5.74, 6) is 2.57. The Morgan fingerprint density at radius 1 is 1.08 bits per heavy atom. The van der Waals surface area contributed by atoms with Gasteiger partial charge >= 0.3 is 0 Å². The monoisotopic (exact) mass is 327 g/mol. The molecule has 1 unspecified atom stereocenters. The first-order chi connectivity index (χ1) is 11.5. The summed E-state index contributed by atoms with van der Waals surface area (Å²) in [4.78, 5) is 0. The maximum absolute atomic E-state index is 6.08. The Bertz CT molecular complexity index is 652. The number of aryl methyl sites for hydroxylation is 1. The van der Waals surface area contributed by atoms with Gasteiger partial charge in [0.2, 0.25) is 0 Å². The number of rotatable bonds is 8. The molecule has 0 amide bonds. The van der Waals surface area contributed by atoms with Crippen molar-refractivity contribution in [1.82, 2.24) is 0 Å². The van der Waals surface area contributed by atoms with E-state index in [1.54, 1.807) is 7.11 Å². The van der Waals surface area contributed by atoms with E-state index in [1.165, 1.54) is 16.7 Å². The van der Waals surface area contributed by atoms with E-state index in [1.807, 2.05) is 18.2 Å². The van der Waals surface area contributed by atoms with Crippen molar-refractivity contribution >= 4 is 0 Å². The van der Waals surface area contributed by atoms with Crippen molar-refractivity contribution in [2.45, 2.75) is 33.1 Å². The van der Waals surface area contributed by atoms with Crippen molar-refractivity contribution < 1.29 is 9.47 Å². The largest absolute Gasteiger partial charge is 0.496 e. The third-order valence-electron chi connectivity index (χ3n) is 4.07. The van der Waals surface area contributed by atoms with E-state index in [9.17, 15) is 0 Å². The normalized spacial score (nSPS) is 12.2. The summed E-state index contributed by atoms with van der Waals surface area (Å²) >= 11 is 0. The fourth-order valence-electron chi connectivity index (χ4n) is 2.80. The number of methoxy groups -OCH3 is 1. The second-order valence-electron chi connectivity index (χ2n) is 6.73. The van der Waals surface area contributed by atoms with Crippen molar-refractivity contribution in [3.63, 3.8) is 0 Å². The van der Waals surface area contributed by atoms with Gasteiger partial charge in [-0.1, -0.05) is 43.7 Å². The molecule has 2 aromatic rings. The minimum Gasteiger partial charge on any atom is -0.496 e. The van der Waals surface area contributed by atoms with Crippen LogP contribution in [0.15, 0.2) is 42.5 Å². The Hall–Kier alpha value is -2.00. The topological polar surface area (TPSA) is 44.5 Å². The molecule has 0 spiro atoms. The highest BCUT2D eigenvalue weighted by molar-refractivity contribution is 5.41. The highest BCUT2D eigenvalue weighted by Crippen LogP contribution is 2.30.